The summed E-state index contributed by atoms with van der Waals surface area (Å²) in [5, 5.41) is 4.00. The zero-order valence-electron chi connectivity index (χ0n) is 23.2. The van der Waals surface area contributed by atoms with E-state index in [9.17, 15) is 13.2 Å². The third-order valence-corrected chi connectivity index (χ3v) is 10.1. The summed E-state index contributed by atoms with van der Waals surface area (Å²) < 4.78 is 34.7. The Bertz CT molecular complexity index is 1470. The Morgan fingerprint density at radius 3 is 2.41 bits per heavy atom. The van der Waals surface area contributed by atoms with Crippen molar-refractivity contribution in [2.24, 2.45) is 5.92 Å². The molecule has 0 bridgehead atoms. The fourth-order valence-electron chi connectivity index (χ4n) is 6.12. The third kappa shape index (κ3) is 5.58. The minimum atomic E-state index is -3.90. The summed E-state index contributed by atoms with van der Waals surface area (Å²) in [6, 6.07) is 14.5. The molecule has 8 heteroatoms. The van der Waals surface area contributed by atoms with Crippen LogP contribution in [0.25, 0.3) is 12.2 Å². The molecule has 0 unspecified atom stereocenters. The standard InChI is InChI=1S/C31H37N3O4S/c1-21-17-22(2)28(23(3)18-21)12-13-29-30(24(4)32-38-29)39(36,37)34-15-8-11-27(20-34)31(35)33-16-14-26(19-33)25-9-6-5-7-10-25/h5-7,9-10,12-13,17-18,26-27H,8,11,14-16,19-20H2,1-4H3/b13-12+/t26-,27-/m1/s1. The molecule has 0 N–H and O–H groups in total. The lowest BCUT2D eigenvalue weighted by Gasteiger charge is -2.33. The van der Waals surface area contributed by atoms with Gasteiger partial charge in [-0.1, -0.05) is 59.3 Å². The summed E-state index contributed by atoms with van der Waals surface area (Å²) in [5.74, 6) is 0.250. The van der Waals surface area contributed by atoms with E-state index in [-0.39, 0.29) is 29.0 Å². The molecule has 2 aliphatic heterocycles. The van der Waals surface area contributed by atoms with E-state index in [0.29, 0.717) is 44.1 Å². The molecule has 0 spiro atoms. The van der Waals surface area contributed by atoms with Crippen LogP contribution in [0.4, 0.5) is 0 Å². The molecule has 2 fully saturated rings. The van der Waals surface area contributed by atoms with E-state index < -0.39 is 10.0 Å². The maximum absolute atomic E-state index is 13.9. The van der Waals surface area contributed by atoms with E-state index in [1.807, 2.05) is 43.0 Å². The van der Waals surface area contributed by atoms with Crippen LogP contribution in [0.3, 0.4) is 0 Å². The highest BCUT2D eigenvalue weighted by atomic mass is 32.2. The minimum Gasteiger partial charge on any atom is -0.355 e. The number of hydrogen-bond acceptors (Lipinski definition) is 5. The Morgan fingerprint density at radius 1 is 0.974 bits per heavy atom. The van der Waals surface area contributed by atoms with Crippen LogP contribution >= 0.6 is 0 Å². The number of benzene rings is 2. The first kappa shape index (κ1) is 27.3. The SMILES string of the molecule is Cc1cc(C)c(/C=C/c2onc(C)c2S(=O)(=O)N2CCC[C@@H](C(=O)N3CC[C@@H](c4ccccc4)C3)C2)c(C)c1. The van der Waals surface area contributed by atoms with Crippen LogP contribution in [-0.2, 0) is 14.8 Å². The van der Waals surface area contributed by atoms with Crippen LogP contribution in [0.2, 0.25) is 0 Å². The molecule has 1 amide bonds. The molecular weight excluding hydrogens is 510 g/mol. The van der Waals surface area contributed by atoms with Gasteiger partial charge in [0.05, 0.1) is 5.92 Å². The Balaban J connectivity index is 1.33. The van der Waals surface area contributed by atoms with Crippen LogP contribution in [0, 0.1) is 33.6 Å². The Kier molecular flexibility index (Phi) is 7.78. The van der Waals surface area contributed by atoms with Gasteiger partial charge in [0.15, 0.2) is 10.7 Å². The summed E-state index contributed by atoms with van der Waals surface area (Å²) in [6.07, 6.45) is 5.85. The second-order valence-electron chi connectivity index (χ2n) is 11.0. The van der Waals surface area contributed by atoms with E-state index >= 15 is 0 Å². The molecule has 2 aliphatic rings. The highest BCUT2D eigenvalue weighted by Crippen LogP contribution is 2.33. The van der Waals surface area contributed by atoms with Crippen LogP contribution in [-0.4, -0.2) is 54.9 Å². The van der Waals surface area contributed by atoms with Gasteiger partial charge in [0.25, 0.3) is 0 Å². The third-order valence-electron chi connectivity index (χ3n) is 8.07. The summed E-state index contributed by atoms with van der Waals surface area (Å²) in [5.41, 5.74) is 6.00. The monoisotopic (exact) mass is 547 g/mol. The van der Waals surface area contributed by atoms with Crippen molar-refractivity contribution in [1.82, 2.24) is 14.4 Å². The predicted octanol–water partition coefficient (Wildman–Crippen LogP) is 5.50. The molecular formula is C31H37N3O4S. The average Bonchev–Trinajstić information content (AvgIpc) is 3.56. The first-order valence-corrected chi connectivity index (χ1v) is 15.1. The number of rotatable bonds is 6. The van der Waals surface area contributed by atoms with Gasteiger partial charge in [-0.3, -0.25) is 4.79 Å². The van der Waals surface area contributed by atoms with Gasteiger partial charge in [-0.2, -0.15) is 4.31 Å². The molecule has 0 radical (unpaired) electrons. The van der Waals surface area contributed by atoms with Crippen molar-refractivity contribution in [1.29, 1.82) is 0 Å². The fraction of sp³-hybridized carbons (Fsp3) is 0.419. The van der Waals surface area contributed by atoms with E-state index in [2.05, 4.69) is 36.3 Å². The number of amides is 1. The fourth-order valence-corrected chi connectivity index (χ4v) is 7.89. The van der Waals surface area contributed by atoms with Crippen molar-refractivity contribution in [2.75, 3.05) is 26.2 Å². The van der Waals surface area contributed by atoms with Crippen molar-refractivity contribution < 1.29 is 17.7 Å². The van der Waals surface area contributed by atoms with Gasteiger partial charge in [0.1, 0.15) is 5.69 Å². The van der Waals surface area contributed by atoms with Crippen LogP contribution in [0.5, 0.6) is 0 Å². The smallest absolute Gasteiger partial charge is 0.248 e. The molecule has 0 aliphatic carbocycles. The van der Waals surface area contributed by atoms with Crippen LogP contribution in [0.15, 0.2) is 51.9 Å². The summed E-state index contributed by atoms with van der Waals surface area (Å²) in [4.78, 5) is 15.5. The number of hydrogen-bond donors (Lipinski definition) is 0. The first-order chi connectivity index (χ1) is 18.6. The molecule has 7 nitrogen and oxygen atoms in total. The quantitative estimate of drug-likeness (QED) is 0.407. The van der Waals surface area contributed by atoms with Gasteiger partial charge in [-0.15, -0.1) is 0 Å². The molecule has 2 atom stereocenters. The Morgan fingerprint density at radius 2 is 1.69 bits per heavy atom. The van der Waals surface area contributed by atoms with Gasteiger partial charge >= 0.3 is 0 Å². The zero-order valence-corrected chi connectivity index (χ0v) is 24.0. The van der Waals surface area contributed by atoms with E-state index in [4.69, 9.17) is 4.52 Å². The van der Waals surface area contributed by atoms with Crippen molar-refractivity contribution in [3.63, 3.8) is 0 Å². The van der Waals surface area contributed by atoms with Crippen molar-refractivity contribution in [3.8, 4) is 0 Å². The van der Waals surface area contributed by atoms with Gasteiger partial charge in [-0.05, 0) is 75.3 Å². The first-order valence-electron chi connectivity index (χ1n) is 13.7. The van der Waals surface area contributed by atoms with Gasteiger partial charge in [0, 0.05) is 32.1 Å². The lowest BCUT2D eigenvalue weighted by atomic mass is 9.97. The zero-order chi connectivity index (χ0) is 27.7. The molecule has 3 aromatic rings. The van der Waals surface area contributed by atoms with Crippen molar-refractivity contribution >= 4 is 28.1 Å². The topological polar surface area (TPSA) is 83.7 Å². The maximum atomic E-state index is 13.9. The number of aromatic nitrogens is 1. The molecule has 206 valence electrons. The molecule has 2 saturated heterocycles. The lowest BCUT2D eigenvalue weighted by Crippen LogP contribution is -2.46. The summed E-state index contributed by atoms with van der Waals surface area (Å²) >= 11 is 0. The number of piperidine rings is 1. The number of carbonyl (C=O) groups is 1. The average molecular weight is 548 g/mol. The lowest BCUT2D eigenvalue weighted by molar-refractivity contribution is -0.135. The van der Waals surface area contributed by atoms with E-state index in [1.165, 1.54) is 15.4 Å². The number of nitrogens with zero attached hydrogens (tertiary/aromatic N) is 3. The molecule has 0 saturated carbocycles. The van der Waals surface area contributed by atoms with E-state index in [0.717, 1.165) is 23.1 Å². The van der Waals surface area contributed by atoms with Gasteiger partial charge in [-0.25, -0.2) is 8.42 Å². The van der Waals surface area contributed by atoms with Crippen molar-refractivity contribution in [2.45, 2.75) is 57.8 Å². The van der Waals surface area contributed by atoms with Crippen LogP contribution in [0.1, 0.15) is 64.5 Å². The summed E-state index contributed by atoms with van der Waals surface area (Å²) in [7, 11) is -3.90. The minimum absolute atomic E-state index is 0.0563. The molecule has 5 rings (SSSR count). The number of carbonyl (C=O) groups excluding carboxylic acids is 1. The summed E-state index contributed by atoms with van der Waals surface area (Å²) in [6.45, 7) is 9.73. The normalized spacial score (nSPS) is 20.7. The second kappa shape index (κ2) is 11.1. The van der Waals surface area contributed by atoms with E-state index in [1.54, 1.807) is 13.0 Å². The predicted molar refractivity (Wildman–Crippen MR) is 153 cm³/mol. The highest BCUT2D eigenvalue weighted by molar-refractivity contribution is 7.89. The highest BCUT2D eigenvalue weighted by Gasteiger charge is 2.39. The maximum Gasteiger partial charge on any atom is 0.248 e. The number of aryl methyl sites for hydroxylation is 4. The van der Waals surface area contributed by atoms with Crippen molar-refractivity contribution in [3.05, 3.63) is 81.7 Å². The second-order valence-corrected chi connectivity index (χ2v) is 12.9. The largest absolute Gasteiger partial charge is 0.355 e. The Labute approximate surface area is 231 Å². The molecule has 1 aromatic heterocycles. The van der Waals surface area contributed by atoms with Gasteiger partial charge in [0.2, 0.25) is 15.9 Å². The molecule has 3 heterocycles. The molecule has 39 heavy (non-hydrogen) atoms. The molecule has 2 aromatic carbocycles. The van der Waals surface area contributed by atoms with Gasteiger partial charge < -0.3 is 9.42 Å². The number of likely N-dealkylation sites (tertiary alicyclic amines) is 1. The number of sulfonamides is 1. The Hall–Kier alpha value is -3.23. The van der Waals surface area contributed by atoms with Crippen LogP contribution < -0.4 is 0 Å².